The summed E-state index contributed by atoms with van der Waals surface area (Å²) in [6.07, 6.45) is -0.441. The van der Waals surface area contributed by atoms with Crippen molar-refractivity contribution in [3.8, 4) is 5.75 Å². The molecule has 1 rings (SSSR count). The van der Waals surface area contributed by atoms with Crippen molar-refractivity contribution < 1.29 is 33.6 Å². The summed E-state index contributed by atoms with van der Waals surface area (Å²) in [6.45, 7) is 1.30. The van der Waals surface area contributed by atoms with Gasteiger partial charge in [-0.15, -0.1) is 0 Å². The van der Waals surface area contributed by atoms with Crippen LogP contribution in [0.2, 0.25) is 0 Å². The Morgan fingerprint density at radius 2 is 1.96 bits per heavy atom. The zero-order valence-electron chi connectivity index (χ0n) is 12.7. The summed E-state index contributed by atoms with van der Waals surface area (Å²) >= 11 is 0. The van der Waals surface area contributed by atoms with Gasteiger partial charge in [0.15, 0.2) is 0 Å². The van der Waals surface area contributed by atoms with E-state index in [0.717, 1.165) is 12.1 Å². The van der Waals surface area contributed by atoms with E-state index in [1.165, 1.54) is 19.1 Å². The van der Waals surface area contributed by atoms with Gasteiger partial charge in [0.05, 0.1) is 11.1 Å². The van der Waals surface area contributed by atoms with Crippen LogP contribution in [0.1, 0.15) is 19.8 Å². The third-order valence-corrected chi connectivity index (χ3v) is 4.27. The summed E-state index contributed by atoms with van der Waals surface area (Å²) in [5, 5.41) is 21.4. The number of nitrogens with zero attached hydrogens (tertiary/aromatic N) is 1. The van der Waals surface area contributed by atoms with Crippen LogP contribution in [0.5, 0.6) is 5.75 Å². The predicted molar refractivity (Wildman–Crippen MR) is 82.9 cm³/mol. The molecular formula is C13H17N2O8P. The first kappa shape index (κ1) is 19.6. The maximum absolute atomic E-state index is 11.9. The van der Waals surface area contributed by atoms with Crippen molar-refractivity contribution in [3.63, 3.8) is 0 Å². The van der Waals surface area contributed by atoms with Gasteiger partial charge in [0.1, 0.15) is 11.8 Å². The fraction of sp³-hybridized carbons (Fsp3) is 0.385. The number of hydrogen-bond acceptors (Lipinski definition) is 6. The number of nitrogens with one attached hydrogen (secondary N) is 1. The molecule has 0 aromatic heterocycles. The monoisotopic (exact) mass is 360 g/mol. The van der Waals surface area contributed by atoms with Gasteiger partial charge in [-0.05, 0) is 25.5 Å². The van der Waals surface area contributed by atoms with E-state index in [2.05, 4.69) is 5.32 Å². The molecule has 0 bridgehead atoms. The molecule has 0 fully saturated rings. The van der Waals surface area contributed by atoms with Gasteiger partial charge in [0.25, 0.3) is 5.69 Å². The lowest BCUT2D eigenvalue weighted by atomic mass is 10.3. The van der Waals surface area contributed by atoms with E-state index in [1.807, 2.05) is 0 Å². The molecule has 0 saturated carbocycles. The number of nitro groups is 1. The van der Waals surface area contributed by atoms with E-state index in [9.17, 15) is 29.2 Å². The third-order valence-electron chi connectivity index (χ3n) is 2.89. The summed E-state index contributed by atoms with van der Waals surface area (Å²) in [7, 11) is -4.03. The molecule has 0 spiro atoms. The first-order valence-electron chi connectivity index (χ1n) is 6.89. The van der Waals surface area contributed by atoms with Crippen molar-refractivity contribution in [2.45, 2.75) is 25.8 Å². The zero-order valence-corrected chi connectivity index (χ0v) is 13.6. The summed E-state index contributed by atoms with van der Waals surface area (Å²) in [4.78, 5) is 41.6. The van der Waals surface area contributed by atoms with E-state index < -0.39 is 30.4 Å². The summed E-state index contributed by atoms with van der Waals surface area (Å²) in [6, 6.07) is 3.62. The Morgan fingerprint density at radius 1 is 1.38 bits per heavy atom. The first-order chi connectivity index (χ1) is 11.1. The number of rotatable bonds is 9. The molecule has 0 aliphatic rings. The van der Waals surface area contributed by atoms with Gasteiger partial charge in [-0.25, -0.2) is 4.57 Å². The van der Waals surface area contributed by atoms with E-state index in [4.69, 9.17) is 9.63 Å². The van der Waals surface area contributed by atoms with Crippen molar-refractivity contribution >= 4 is 25.2 Å². The molecule has 0 aliphatic carbocycles. The summed E-state index contributed by atoms with van der Waals surface area (Å²) in [5.41, 5.74) is -0.181. The number of carbonyl (C=O) groups is 2. The second-order valence-electron chi connectivity index (χ2n) is 4.93. The Labute approximate surface area is 137 Å². The molecule has 24 heavy (non-hydrogen) atoms. The SMILES string of the molecule is C[C@H](NC(=O)CCCP(=O)(O)Oc1ccc([N+](=O)[O-])cc1)C(=O)O. The standard InChI is InChI=1S/C13H17N2O8P/c1-9(13(17)18)14-12(16)3-2-8-24(21,22)23-11-6-4-10(5-7-11)15(19)20/h4-7,9H,2-3,8H2,1H3,(H,14,16)(H,17,18)(H,21,22)/t9-/m0/s1. The van der Waals surface area contributed by atoms with Gasteiger partial charge in [-0.2, -0.15) is 0 Å². The molecule has 0 aliphatic heterocycles. The van der Waals surface area contributed by atoms with Crippen LogP contribution in [-0.4, -0.2) is 39.0 Å². The second-order valence-corrected chi connectivity index (χ2v) is 6.84. The lowest BCUT2D eigenvalue weighted by Crippen LogP contribution is -2.38. The lowest BCUT2D eigenvalue weighted by molar-refractivity contribution is -0.384. The number of nitro benzene ring substituents is 1. The molecule has 0 saturated heterocycles. The Bertz CT molecular complexity index is 660. The van der Waals surface area contributed by atoms with E-state index in [1.54, 1.807) is 0 Å². The van der Waals surface area contributed by atoms with Crippen LogP contribution >= 0.6 is 7.60 Å². The minimum atomic E-state index is -4.03. The molecular weight excluding hydrogens is 343 g/mol. The van der Waals surface area contributed by atoms with Crippen LogP contribution < -0.4 is 9.84 Å². The highest BCUT2D eigenvalue weighted by Gasteiger charge is 2.22. The fourth-order valence-electron chi connectivity index (χ4n) is 1.65. The topological polar surface area (TPSA) is 156 Å². The van der Waals surface area contributed by atoms with Gasteiger partial charge in [0, 0.05) is 18.6 Å². The quantitative estimate of drug-likeness (QED) is 0.340. The van der Waals surface area contributed by atoms with Crippen molar-refractivity contribution in [3.05, 3.63) is 34.4 Å². The third kappa shape index (κ3) is 6.76. The fourth-order valence-corrected chi connectivity index (χ4v) is 2.75. The number of carboxylic acids is 1. The van der Waals surface area contributed by atoms with Crippen molar-refractivity contribution in [2.75, 3.05) is 6.16 Å². The zero-order chi connectivity index (χ0) is 18.3. The Morgan fingerprint density at radius 3 is 2.46 bits per heavy atom. The average Bonchev–Trinajstić information content (AvgIpc) is 2.46. The number of amides is 1. The van der Waals surface area contributed by atoms with Crippen molar-refractivity contribution in [1.82, 2.24) is 5.32 Å². The highest BCUT2D eigenvalue weighted by molar-refractivity contribution is 7.53. The van der Waals surface area contributed by atoms with Gasteiger partial charge >= 0.3 is 13.6 Å². The highest BCUT2D eigenvalue weighted by atomic mass is 31.2. The molecule has 2 atom stereocenters. The molecule has 0 heterocycles. The van der Waals surface area contributed by atoms with E-state index >= 15 is 0 Å². The number of benzene rings is 1. The molecule has 1 amide bonds. The average molecular weight is 360 g/mol. The van der Waals surface area contributed by atoms with Crippen LogP contribution in [-0.2, 0) is 14.2 Å². The largest absolute Gasteiger partial charge is 0.480 e. The maximum atomic E-state index is 11.9. The van der Waals surface area contributed by atoms with Crippen LogP contribution in [0.15, 0.2) is 24.3 Å². The Kier molecular flexibility index (Phi) is 6.87. The van der Waals surface area contributed by atoms with Gasteiger partial charge in [0.2, 0.25) is 5.91 Å². The second kappa shape index (κ2) is 8.42. The number of carbonyl (C=O) groups excluding carboxylic acids is 1. The molecule has 132 valence electrons. The van der Waals surface area contributed by atoms with Crippen LogP contribution in [0.3, 0.4) is 0 Å². The number of non-ortho nitro benzene ring substituents is 1. The number of aliphatic carboxylic acids is 1. The van der Waals surface area contributed by atoms with Gasteiger partial charge in [-0.3, -0.25) is 19.7 Å². The molecule has 11 heteroatoms. The van der Waals surface area contributed by atoms with Crippen LogP contribution in [0.4, 0.5) is 5.69 Å². The van der Waals surface area contributed by atoms with E-state index in [0.29, 0.717) is 0 Å². The predicted octanol–water partition coefficient (Wildman–Crippen LogP) is 1.53. The minimum Gasteiger partial charge on any atom is -0.480 e. The maximum Gasteiger partial charge on any atom is 0.376 e. The van der Waals surface area contributed by atoms with Gasteiger partial charge in [-0.1, -0.05) is 0 Å². The number of carboxylic acid groups (broad SMARTS) is 1. The van der Waals surface area contributed by atoms with Crippen molar-refractivity contribution in [1.29, 1.82) is 0 Å². The molecule has 0 radical (unpaired) electrons. The Balaban J connectivity index is 2.46. The van der Waals surface area contributed by atoms with Gasteiger partial charge < -0.3 is 19.8 Å². The normalized spacial score (nSPS) is 14.2. The molecule has 3 N–H and O–H groups in total. The smallest absolute Gasteiger partial charge is 0.376 e. The molecule has 10 nitrogen and oxygen atoms in total. The Hall–Kier alpha value is -2.45. The first-order valence-corrected chi connectivity index (χ1v) is 8.65. The highest BCUT2D eigenvalue weighted by Crippen LogP contribution is 2.43. The summed E-state index contributed by atoms with van der Waals surface area (Å²) < 4.78 is 16.8. The minimum absolute atomic E-state index is 0.00427. The van der Waals surface area contributed by atoms with Crippen LogP contribution in [0.25, 0.3) is 0 Å². The summed E-state index contributed by atoms with van der Waals surface area (Å²) in [5.74, 6) is -1.74. The molecule has 1 aromatic carbocycles. The number of hydrogen-bond donors (Lipinski definition) is 3. The molecule has 1 unspecified atom stereocenters. The molecule has 1 aromatic rings. The van der Waals surface area contributed by atoms with Crippen LogP contribution in [0, 0.1) is 10.1 Å². The van der Waals surface area contributed by atoms with E-state index in [-0.39, 0.29) is 30.4 Å². The van der Waals surface area contributed by atoms with Crippen molar-refractivity contribution in [2.24, 2.45) is 0 Å². The lowest BCUT2D eigenvalue weighted by Gasteiger charge is -2.13.